The number of alkyl halides is 2. The molecule has 2 aromatic rings. The second-order valence-electron chi connectivity index (χ2n) is 8.42. The van der Waals surface area contributed by atoms with Crippen LogP contribution in [0.3, 0.4) is 0 Å². The lowest BCUT2D eigenvalue weighted by Gasteiger charge is -2.30. The van der Waals surface area contributed by atoms with E-state index < -0.39 is 51.3 Å². The molecule has 0 aliphatic carbocycles. The van der Waals surface area contributed by atoms with Crippen molar-refractivity contribution in [1.29, 1.82) is 0 Å². The molecule has 0 radical (unpaired) electrons. The van der Waals surface area contributed by atoms with Crippen LogP contribution in [0, 0.1) is 5.92 Å². The van der Waals surface area contributed by atoms with Crippen molar-refractivity contribution in [3.05, 3.63) is 56.5 Å². The molecule has 3 atom stereocenters. The van der Waals surface area contributed by atoms with Crippen LogP contribution in [-0.4, -0.2) is 58.6 Å². The number of amides is 2. The molecular formula is C25H18Cl6N4O6. The standard InChI is InChI=1S/C25H18Cl6N4O6/c1-3-40-22(37)18-17(21(36)34(32-18)15-7-5-11(26)9-13(15)28)19(30)25(31)20(23(38)41-4-2)33-35(24(25)39)16-8-6-12(27)10-14(16)29/h5-10,17,19H,3-4H2,1-2H3/t17-,19+,25+/m1/s1. The highest BCUT2D eigenvalue weighted by atomic mass is 35.5. The first-order chi connectivity index (χ1) is 19.4. The normalized spacial score (nSPS) is 21.1. The zero-order chi connectivity index (χ0) is 30.2. The Morgan fingerprint density at radius 3 is 1.90 bits per heavy atom. The molecule has 0 aromatic heterocycles. The predicted molar refractivity (Wildman–Crippen MR) is 158 cm³/mol. The molecule has 16 heteroatoms. The van der Waals surface area contributed by atoms with E-state index in [0.717, 1.165) is 10.0 Å². The molecule has 2 heterocycles. The van der Waals surface area contributed by atoms with Gasteiger partial charge < -0.3 is 9.47 Å². The number of carbonyl (C=O) groups excluding carboxylic acids is 4. The summed E-state index contributed by atoms with van der Waals surface area (Å²) >= 11 is 38.3. The van der Waals surface area contributed by atoms with Crippen molar-refractivity contribution in [3.63, 3.8) is 0 Å². The minimum Gasteiger partial charge on any atom is -0.461 e. The van der Waals surface area contributed by atoms with E-state index in [1.54, 1.807) is 6.92 Å². The van der Waals surface area contributed by atoms with Crippen LogP contribution in [0.25, 0.3) is 0 Å². The van der Waals surface area contributed by atoms with Crippen LogP contribution in [0.4, 0.5) is 11.4 Å². The van der Waals surface area contributed by atoms with Crippen LogP contribution in [0.1, 0.15) is 13.8 Å². The molecule has 0 saturated carbocycles. The second kappa shape index (κ2) is 12.3. The Labute approximate surface area is 263 Å². The van der Waals surface area contributed by atoms with E-state index >= 15 is 0 Å². The van der Waals surface area contributed by atoms with Gasteiger partial charge in [0.05, 0.1) is 40.0 Å². The summed E-state index contributed by atoms with van der Waals surface area (Å²) in [5.41, 5.74) is -1.05. The van der Waals surface area contributed by atoms with Gasteiger partial charge in [0.2, 0.25) is 0 Å². The summed E-state index contributed by atoms with van der Waals surface area (Å²) in [7, 11) is 0. The number of carbonyl (C=O) groups is 4. The molecule has 2 aliphatic heterocycles. The van der Waals surface area contributed by atoms with Crippen LogP contribution in [0.2, 0.25) is 20.1 Å². The quantitative estimate of drug-likeness (QED) is 0.259. The molecule has 0 bridgehead atoms. The van der Waals surface area contributed by atoms with Gasteiger partial charge in [-0.2, -0.15) is 20.2 Å². The average Bonchev–Trinajstić information content (AvgIpc) is 3.38. The SMILES string of the molecule is CCOC(=O)C1=NN(c2ccc(Cl)cc2Cl)C(=O)[C@H]1[C@H](Cl)[C@@]1(Cl)C(=O)N(c2ccc(Cl)cc2Cl)N=C1C(=O)OCC. The number of ether oxygens (including phenoxy) is 2. The molecule has 10 nitrogen and oxygen atoms in total. The number of halogens is 6. The van der Waals surface area contributed by atoms with Crippen LogP contribution in [0.15, 0.2) is 46.6 Å². The Morgan fingerprint density at radius 2 is 1.39 bits per heavy atom. The molecule has 2 amide bonds. The van der Waals surface area contributed by atoms with Crippen molar-refractivity contribution in [1.82, 2.24) is 0 Å². The molecule has 0 fully saturated rings. The van der Waals surface area contributed by atoms with Gasteiger partial charge in [-0.25, -0.2) is 9.59 Å². The van der Waals surface area contributed by atoms with Gasteiger partial charge in [-0.3, -0.25) is 9.59 Å². The Bertz CT molecular complexity index is 1520. The van der Waals surface area contributed by atoms with Crippen LogP contribution in [0.5, 0.6) is 0 Å². The van der Waals surface area contributed by atoms with Gasteiger partial charge in [0, 0.05) is 10.0 Å². The van der Waals surface area contributed by atoms with Gasteiger partial charge in [-0.05, 0) is 50.2 Å². The van der Waals surface area contributed by atoms with Gasteiger partial charge in [0.1, 0.15) is 5.92 Å². The van der Waals surface area contributed by atoms with Gasteiger partial charge in [-0.15, -0.1) is 11.6 Å². The summed E-state index contributed by atoms with van der Waals surface area (Å²) in [6.07, 6.45) is 0. The fourth-order valence-corrected chi connectivity index (χ4v) is 5.81. The highest BCUT2D eigenvalue weighted by Gasteiger charge is 2.64. The van der Waals surface area contributed by atoms with E-state index in [-0.39, 0.29) is 44.7 Å². The first-order valence-electron chi connectivity index (χ1n) is 11.8. The number of rotatable bonds is 8. The zero-order valence-electron chi connectivity index (χ0n) is 21.0. The Hall–Kier alpha value is -2.60. The lowest BCUT2D eigenvalue weighted by Crippen LogP contribution is -2.56. The topological polar surface area (TPSA) is 118 Å². The molecule has 4 rings (SSSR count). The number of nitrogens with zero attached hydrogens (tertiary/aromatic N) is 4. The molecule has 0 unspecified atom stereocenters. The summed E-state index contributed by atoms with van der Waals surface area (Å²) < 4.78 is 10.2. The van der Waals surface area contributed by atoms with Gasteiger partial charge in [-0.1, -0.05) is 58.0 Å². The van der Waals surface area contributed by atoms with E-state index in [1.165, 1.54) is 43.3 Å². The van der Waals surface area contributed by atoms with Gasteiger partial charge in [0.15, 0.2) is 16.3 Å². The first kappa shape index (κ1) is 31.3. The fourth-order valence-electron chi connectivity index (χ4n) is 4.09. The van der Waals surface area contributed by atoms with Crippen molar-refractivity contribution < 1.29 is 28.7 Å². The largest absolute Gasteiger partial charge is 0.461 e. The van der Waals surface area contributed by atoms with Crippen molar-refractivity contribution in [3.8, 4) is 0 Å². The maximum Gasteiger partial charge on any atom is 0.357 e. The van der Waals surface area contributed by atoms with Crippen LogP contribution < -0.4 is 10.0 Å². The number of hydrogen-bond donors (Lipinski definition) is 0. The molecular weight excluding hydrogens is 665 g/mol. The predicted octanol–water partition coefficient (Wildman–Crippen LogP) is 5.73. The Morgan fingerprint density at radius 1 is 0.878 bits per heavy atom. The highest BCUT2D eigenvalue weighted by Crippen LogP contribution is 2.44. The molecule has 0 N–H and O–H groups in total. The number of anilines is 2. The Balaban J connectivity index is 1.83. The average molecular weight is 683 g/mol. The van der Waals surface area contributed by atoms with Crippen molar-refractivity contribution in [2.75, 3.05) is 23.2 Å². The number of hydrazone groups is 2. The zero-order valence-corrected chi connectivity index (χ0v) is 25.6. The smallest absolute Gasteiger partial charge is 0.357 e. The Kier molecular flexibility index (Phi) is 9.42. The minimum absolute atomic E-state index is 0.000814. The molecule has 2 aliphatic rings. The van der Waals surface area contributed by atoms with Gasteiger partial charge in [0.25, 0.3) is 11.8 Å². The van der Waals surface area contributed by atoms with E-state index in [2.05, 4.69) is 10.2 Å². The maximum atomic E-state index is 13.9. The first-order valence-corrected chi connectivity index (χ1v) is 14.1. The summed E-state index contributed by atoms with van der Waals surface area (Å²) in [5, 5.41) is 8.52. The summed E-state index contributed by atoms with van der Waals surface area (Å²) in [5.74, 6) is -5.75. The molecule has 0 saturated heterocycles. The third-order valence-electron chi connectivity index (χ3n) is 5.93. The molecule has 41 heavy (non-hydrogen) atoms. The lowest BCUT2D eigenvalue weighted by molar-refractivity contribution is -0.136. The van der Waals surface area contributed by atoms with Crippen molar-refractivity contribution in [2.24, 2.45) is 16.1 Å². The van der Waals surface area contributed by atoms with Crippen LogP contribution >= 0.6 is 69.6 Å². The number of hydrogen-bond acceptors (Lipinski definition) is 8. The fraction of sp³-hybridized carbons (Fsp3) is 0.280. The van der Waals surface area contributed by atoms with E-state index in [9.17, 15) is 19.2 Å². The van der Waals surface area contributed by atoms with E-state index in [1.807, 2.05) is 0 Å². The number of esters is 2. The maximum absolute atomic E-state index is 13.9. The molecule has 0 spiro atoms. The molecule has 216 valence electrons. The molecule has 2 aromatic carbocycles. The van der Waals surface area contributed by atoms with Crippen molar-refractivity contribution >= 4 is 116 Å². The third kappa shape index (κ3) is 5.61. The second-order valence-corrected chi connectivity index (χ2v) is 11.2. The van der Waals surface area contributed by atoms with Crippen molar-refractivity contribution in [2.45, 2.75) is 24.1 Å². The van der Waals surface area contributed by atoms with E-state index in [4.69, 9.17) is 79.1 Å². The summed E-state index contributed by atoms with van der Waals surface area (Å²) in [6.45, 7) is 2.89. The number of benzene rings is 2. The third-order valence-corrected chi connectivity index (χ3v) is 8.27. The van der Waals surface area contributed by atoms with Crippen LogP contribution in [-0.2, 0) is 28.7 Å². The summed E-state index contributed by atoms with van der Waals surface area (Å²) in [6, 6.07) is 8.35. The lowest BCUT2D eigenvalue weighted by atomic mass is 9.85. The summed E-state index contributed by atoms with van der Waals surface area (Å²) in [4.78, 5) is 51.2. The van der Waals surface area contributed by atoms with Gasteiger partial charge >= 0.3 is 11.9 Å². The van der Waals surface area contributed by atoms with E-state index in [0.29, 0.717) is 0 Å². The monoisotopic (exact) mass is 680 g/mol. The highest BCUT2D eigenvalue weighted by molar-refractivity contribution is 6.66. The minimum atomic E-state index is -2.54.